The number of hydrogen-bond donors (Lipinski definition) is 2. The molecule has 1 amide bonds. The third kappa shape index (κ3) is 4.85. The standard InChI is InChI=1S/C13H19FN2O/c1-2-3-4-5-6-13(17)16-12-9-10(14)7-8-11(12)15/h7-9H,2-6,15H2,1H3,(H,16,17). The summed E-state index contributed by atoms with van der Waals surface area (Å²) in [5.74, 6) is -0.515. The lowest BCUT2D eigenvalue weighted by atomic mass is 10.1. The number of nitrogens with two attached hydrogens (primary N) is 1. The summed E-state index contributed by atoms with van der Waals surface area (Å²) in [7, 11) is 0. The van der Waals surface area contributed by atoms with E-state index >= 15 is 0 Å². The molecule has 0 unspecified atom stereocenters. The number of halogens is 1. The van der Waals surface area contributed by atoms with E-state index in [1.807, 2.05) is 0 Å². The van der Waals surface area contributed by atoms with Gasteiger partial charge in [0.1, 0.15) is 5.82 Å². The van der Waals surface area contributed by atoms with Crippen LogP contribution in [0.5, 0.6) is 0 Å². The molecule has 1 aromatic rings. The monoisotopic (exact) mass is 238 g/mol. The second-order valence-corrected chi connectivity index (χ2v) is 4.09. The third-order valence-electron chi connectivity index (χ3n) is 2.55. The molecule has 3 N–H and O–H groups in total. The first-order chi connectivity index (χ1) is 8.13. The zero-order chi connectivity index (χ0) is 12.7. The summed E-state index contributed by atoms with van der Waals surface area (Å²) in [6, 6.07) is 3.95. The Morgan fingerprint density at radius 3 is 2.82 bits per heavy atom. The smallest absolute Gasteiger partial charge is 0.224 e. The number of carbonyl (C=O) groups is 1. The Morgan fingerprint density at radius 1 is 1.35 bits per heavy atom. The van der Waals surface area contributed by atoms with Crippen molar-refractivity contribution in [2.75, 3.05) is 11.1 Å². The molecule has 1 rings (SSSR count). The Bertz CT molecular complexity index is 380. The highest BCUT2D eigenvalue weighted by molar-refractivity contribution is 5.93. The number of carbonyl (C=O) groups excluding carboxylic acids is 1. The van der Waals surface area contributed by atoms with Crippen molar-refractivity contribution in [3.05, 3.63) is 24.0 Å². The van der Waals surface area contributed by atoms with Crippen LogP contribution >= 0.6 is 0 Å². The quantitative estimate of drug-likeness (QED) is 0.590. The summed E-state index contributed by atoms with van der Waals surface area (Å²) in [4.78, 5) is 11.6. The van der Waals surface area contributed by atoms with E-state index in [1.165, 1.54) is 18.2 Å². The van der Waals surface area contributed by atoms with Gasteiger partial charge in [0, 0.05) is 6.42 Å². The Labute approximate surface area is 101 Å². The fourth-order valence-corrected chi connectivity index (χ4v) is 1.56. The second kappa shape index (κ2) is 6.89. The summed E-state index contributed by atoms with van der Waals surface area (Å²) in [5.41, 5.74) is 6.37. The van der Waals surface area contributed by atoms with Crippen LogP contribution in [0.4, 0.5) is 15.8 Å². The highest BCUT2D eigenvalue weighted by Crippen LogP contribution is 2.19. The Balaban J connectivity index is 2.42. The third-order valence-corrected chi connectivity index (χ3v) is 2.55. The maximum absolute atomic E-state index is 12.9. The van der Waals surface area contributed by atoms with Crippen LogP contribution in [0.1, 0.15) is 39.0 Å². The minimum atomic E-state index is -0.402. The number of nitrogen functional groups attached to an aromatic ring is 1. The number of unbranched alkanes of at least 4 members (excludes halogenated alkanes) is 3. The molecular weight excluding hydrogens is 219 g/mol. The number of anilines is 2. The van der Waals surface area contributed by atoms with Gasteiger partial charge in [-0.3, -0.25) is 4.79 Å². The Kier molecular flexibility index (Phi) is 5.46. The average molecular weight is 238 g/mol. The zero-order valence-corrected chi connectivity index (χ0v) is 10.1. The van der Waals surface area contributed by atoms with Crippen molar-refractivity contribution < 1.29 is 9.18 Å². The predicted molar refractivity (Wildman–Crippen MR) is 68.2 cm³/mol. The zero-order valence-electron chi connectivity index (χ0n) is 10.1. The van der Waals surface area contributed by atoms with Crippen molar-refractivity contribution in [3.8, 4) is 0 Å². The lowest BCUT2D eigenvalue weighted by Gasteiger charge is -2.08. The minimum absolute atomic E-state index is 0.113. The van der Waals surface area contributed by atoms with E-state index in [4.69, 9.17) is 5.73 Å². The molecule has 0 aromatic heterocycles. The maximum Gasteiger partial charge on any atom is 0.224 e. The largest absolute Gasteiger partial charge is 0.397 e. The predicted octanol–water partition coefficient (Wildman–Crippen LogP) is 3.32. The molecule has 0 fully saturated rings. The van der Waals surface area contributed by atoms with Crippen LogP contribution in [0.3, 0.4) is 0 Å². The van der Waals surface area contributed by atoms with Crippen LogP contribution in [0.15, 0.2) is 18.2 Å². The van der Waals surface area contributed by atoms with Crippen LogP contribution in [0.2, 0.25) is 0 Å². The van der Waals surface area contributed by atoms with Gasteiger partial charge in [0.05, 0.1) is 11.4 Å². The molecule has 1 aromatic carbocycles. The molecule has 0 bridgehead atoms. The van der Waals surface area contributed by atoms with E-state index in [-0.39, 0.29) is 5.91 Å². The first-order valence-corrected chi connectivity index (χ1v) is 5.98. The van der Waals surface area contributed by atoms with Crippen molar-refractivity contribution >= 4 is 17.3 Å². The van der Waals surface area contributed by atoms with Crippen molar-refractivity contribution in [1.29, 1.82) is 0 Å². The number of benzene rings is 1. The summed E-state index contributed by atoms with van der Waals surface area (Å²) in [5, 5.41) is 2.62. The van der Waals surface area contributed by atoms with Crippen LogP contribution < -0.4 is 11.1 Å². The van der Waals surface area contributed by atoms with Gasteiger partial charge in [-0.2, -0.15) is 0 Å². The van der Waals surface area contributed by atoms with Gasteiger partial charge in [0.2, 0.25) is 5.91 Å². The van der Waals surface area contributed by atoms with Crippen LogP contribution in [0.25, 0.3) is 0 Å². The Morgan fingerprint density at radius 2 is 2.12 bits per heavy atom. The van der Waals surface area contributed by atoms with Gasteiger partial charge in [0.25, 0.3) is 0 Å². The molecular formula is C13H19FN2O. The molecule has 4 heteroatoms. The fraction of sp³-hybridized carbons (Fsp3) is 0.462. The normalized spacial score (nSPS) is 10.2. The second-order valence-electron chi connectivity index (χ2n) is 4.09. The van der Waals surface area contributed by atoms with Gasteiger partial charge >= 0.3 is 0 Å². The number of amides is 1. The van der Waals surface area contributed by atoms with Crippen molar-refractivity contribution in [1.82, 2.24) is 0 Å². The molecule has 3 nitrogen and oxygen atoms in total. The topological polar surface area (TPSA) is 55.1 Å². The Hall–Kier alpha value is -1.58. The van der Waals surface area contributed by atoms with Crippen molar-refractivity contribution in [3.63, 3.8) is 0 Å². The van der Waals surface area contributed by atoms with Gasteiger partial charge < -0.3 is 11.1 Å². The van der Waals surface area contributed by atoms with E-state index < -0.39 is 5.82 Å². The molecule has 0 aliphatic rings. The molecule has 0 aliphatic carbocycles. The number of rotatable bonds is 6. The van der Waals surface area contributed by atoms with Gasteiger partial charge in [-0.25, -0.2) is 4.39 Å². The average Bonchev–Trinajstić information content (AvgIpc) is 2.29. The highest BCUT2D eigenvalue weighted by Gasteiger charge is 2.06. The molecule has 0 radical (unpaired) electrons. The van der Waals surface area contributed by atoms with Crippen molar-refractivity contribution in [2.45, 2.75) is 39.0 Å². The van der Waals surface area contributed by atoms with Gasteiger partial charge in [-0.15, -0.1) is 0 Å². The molecule has 0 spiro atoms. The lowest BCUT2D eigenvalue weighted by Crippen LogP contribution is -2.12. The van der Waals surface area contributed by atoms with Crippen molar-refractivity contribution in [2.24, 2.45) is 0 Å². The lowest BCUT2D eigenvalue weighted by molar-refractivity contribution is -0.116. The number of hydrogen-bond acceptors (Lipinski definition) is 2. The van der Waals surface area contributed by atoms with Gasteiger partial charge in [-0.1, -0.05) is 26.2 Å². The molecule has 0 heterocycles. The van der Waals surface area contributed by atoms with Gasteiger partial charge in [-0.05, 0) is 24.6 Å². The number of nitrogens with one attached hydrogen (secondary N) is 1. The first-order valence-electron chi connectivity index (χ1n) is 5.98. The SMILES string of the molecule is CCCCCCC(=O)Nc1cc(F)ccc1N. The summed E-state index contributed by atoms with van der Waals surface area (Å²) < 4.78 is 12.9. The molecule has 0 aliphatic heterocycles. The van der Waals surface area contributed by atoms with Gasteiger partial charge in [0.15, 0.2) is 0 Å². The van der Waals surface area contributed by atoms with E-state index in [1.54, 1.807) is 0 Å². The van der Waals surface area contributed by atoms with E-state index in [0.717, 1.165) is 25.7 Å². The molecule has 0 atom stereocenters. The van der Waals surface area contributed by atoms with Crippen LogP contribution in [0, 0.1) is 5.82 Å². The minimum Gasteiger partial charge on any atom is -0.397 e. The van der Waals surface area contributed by atoms with E-state index in [2.05, 4.69) is 12.2 Å². The fourth-order valence-electron chi connectivity index (χ4n) is 1.56. The maximum atomic E-state index is 12.9. The molecule has 0 saturated carbocycles. The van der Waals surface area contributed by atoms with E-state index in [0.29, 0.717) is 17.8 Å². The first kappa shape index (κ1) is 13.5. The summed E-state index contributed by atoms with van der Waals surface area (Å²) >= 11 is 0. The van der Waals surface area contributed by atoms with Crippen LogP contribution in [-0.4, -0.2) is 5.91 Å². The molecule has 94 valence electrons. The molecule has 0 saturated heterocycles. The van der Waals surface area contributed by atoms with Crippen LogP contribution in [-0.2, 0) is 4.79 Å². The highest BCUT2D eigenvalue weighted by atomic mass is 19.1. The van der Waals surface area contributed by atoms with E-state index in [9.17, 15) is 9.18 Å². The summed E-state index contributed by atoms with van der Waals surface area (Å²) in [6.45, 7) is 2.12. The molecule has 17 heavy (non-hydrogen) atoms. The summed E-state index contributed by atoms with van der Waals surface area (Å²) in [6.07, 6.45) is 4.63.